The third kappa shape index (κ3) is 5.81. The average Bonchev–Trinajstić information content (AvgIpc) is 2.83. The number of alkyl halides is 2. The van der Waals surface area contributed by atoms with Crippen molar-refractivity contribution >= 4 is 10.8 Å². The van der Waals surface area contributed by atoms with Gasteiger partial charge >= 0.3 is 6.61 Å². The van der Waals surface area contributed by atoms with Gasteiger partial charge in [0.25, 0.3) is 0 Å². The van der Waals surface area contributed by atoms with E-state index in [-0.39, 0.29) is 11.6 Å². The number of rotatable bonds is 9. The van der Waals surface area contributed by atoms with E-state index in [4.69, 9.17) is 0 Å². The first kappa shape index (κ1) is 24.7. The van der Waals surface area contributed by atoms with Gasteiger partial charge in [0.15, 0.2) is 11.6 Å². The van der Waals surface area contributed by atoms with Crippen LogP contribution >= 0.6 is 0 Å². The van der Waals surface area contributed by atoms with Gasteiger partial charge in [-0.2, -0.15) is 8.78 Å². The molecule has 0 aromatic heterocycles. The van der Waals surface area contributed by atoms with Crippen LogP contribution in [-0.4, -0.2) is 6.61 Å². The highest BCUT2D eigenvalue weighted by Crippen LogP contribution is 2.30. The molecular formula is C29H25F5O. The van der Waals surface area contributed by atoms with E-state index in [1.54, 1.807) is 42.5 Å². The van der Waals surface area contributed by atoms with Crippen LogP contribution in [0.3, 0.4) is 0 Å². The van der Waals surface area contributed by atoms with E-state index in [1.165, 1.54) is 6.07 Å². The Balaban J connectivity index is 1.52. The first-order valence-electron chi connectivity index (χ1n) is 11.6. The summed E-state index contributed by atoms with van der Waals surface area (Å²) in [5.41, 5.74) is 3.09. The van der Waals surface area contributed by atoms with E-state index >= 15 is 4.39 Å². The summed E-state index contributed by atoms with van der Waals surface area (Å²) in [6.45, 7) is -1.01. The van der Waals surface area contributed by atoms with E-state index in [0.717, 1.165) is 37.0 Å². The molecule has 0 saturated heterocycles. The van der Waals surface area contributed by atoms with Crippen LogP contribution in [-0.2, 0) is 19.3 Å². The van der Waals surface area contributed by atoms with Crippen LogP contribution in [0.5, 0.6) is 5.75 Å². The largest absolute Gasteiger partial charge is 0.432 e. The number of hydrogen-bond acceptors (Lipinski definition) is 1. The monoisotopic (exact) mass is 484 g/mol. The zero-order chi connectivity index (χ0) is 24.9. The number of hydrogen-bond donors (Lipinski definition) is 0. The standard InChI is InChI=1S/C29H25F5O/c1-2-3-4-18-6-12-23(25(30)15-18)21-11-13-24-22(17-21)10-9-20(28(24)32)8-5-19-7-14-27(26(31)16-19)35-29(33)34/h6-7,9-17,29H,2-5,8H2,1H3. The van der Waals surface area contributed by atoms with Crippen LogP contribution in [0.2, 0.25) is 0 Å². The summed E-state index contributed by atoms with van der Waals surface area (Å²) >= 11 is 0. The molecule has 0 radical (unpaired) electrons. The molecule has 6 heteroatoms. The minimum absolute atomic E-state index is 0.297. The van der Waals surface area contributed by atoms with E-state index in [0.29, 0.717) is 45.9 Å². The second-order valence-corrected chi connectivity index (χ2v) is 8.54. The predicted molar refractivity (Wildman–Crippen MR) is 128 cm³/mol. The lowest BCUT2D eigenvalue weighted by Gasteiger charge is -2.11. The van der Waals surface area contributed by atoms with Crippen LogP contribution in [0.25, 0.3) is 21.9 Å². The lowest BCUT2D eigenvalue weighted by molar-refractivity contribution is -0.0522. The second-order valence-electron chi connectivity index (χ2n) is 8.54. The van der Waals surface area contributed by atoms with Gasteiger partial charge < -0.3 is 4.74 Å². The maximum Gasteiger partial charge on any atom is 0.387 e. The van der Waals surface area contributed by atoms with E-state index < -0.39 is 18.2 Å². The number of benzene rings is 4. The Labute approximate surface area is 201 Å². The Bertz CT molecular complexity index is 1330. The molecule has 0 aliphatic carbocycles. The van der Waals surface area contributed by atoms with Crippen molar-refractivity contribution in [3.05, 3.63) is 101 Å². The van der Waals surface area contributed by atoms with Gasteiger partial charge in [-0.3, -0.25) is 0 Å². The number of aryl methyl sites for hydroxylation is 3. The SMILES string of the molecule is CCCCc1ccc(-c2ccc3c(F)c(CCc4ccc(OC(F)F)c(F)c4)ccc3c2)c(F)c1. The molecule has 0 aliphatic rings. The lowest BCUT2D eigenvalue weighted by Crippen LogP contribution is -2.04. The molecule has 0 N–H and O–H groups in total. The Morgan fingerprint density at radius 3 is 2.20 bits per heavy atom. The maximum absolute atomic E-state index is 15.2. The number of fused-ring (bicyclic) bond motifs is 1. The van der Waals surface area contributed by atoms with Gasteiger partial charge in [0.2, 0.25) is 0 Å². The highest BCUT2D eigenvalue weighted by Gasteiger charge is 2.13. The minimum atomic E-state index is -3.11. The first-order chi connectivity index (χ1) is 16.9. The summed E-state index contributed by atoms with van der Waals surface area (Å²) in [4.78, 5) is 0. The van der Waals surface area contributed by atoms with Crippen molar-refractivity contribution in [1.29, 1.82) is 0 Å². The fourth-order valence-electron chi connectivity index (χ4n) is 4.20. The third-order valence-corrected chi connectivity index (χ3v) is 6.09. The van der Waals surface area contributed by atoms with Crippen molar-refractivity contribution in [3.8, 4) is 16.9 Å². The molecule has 0 amide bonds. The van der Waals surface area contributed by atoms with Crippen molar-refractivity contribution in [1.82, 2.24) is 0 Å². The summed E-state index contributed by atoms with van der Waals surface area (Å²) in [5, 5.41) is 1.07. The van der Waals surface area contributed by atoms with Crippen LogP contribution in [0, 0.1) is 17.5 Å². The molecule has 0 spiro atoms. The molecule has 182 valence electrons. The van der Waals surface area contributed by atoms with Gasteiger partial charge in [-0.25, -0.2) is 13.2 Å². The second kappa shape index (κ2) is 10.9. The van der Waals surface area contributed by atoms with Crippen LogP contribution in [0.4, 0.5) is 22.0 Å². The normalized spacial score (nSPS) is 11.4. The van der Waals surface area contributed by atoms with E-state index in [1.807, 2.05) is 6.07 Å². The number of ether oxygens (including phenoxy) is 1. The maximum atomic E-state index is 15.2. The number of halogens is 5. The van der Waals surface area contributed by atoms with Gasteiger partial charge in [0, 0.05) is 10.9 Å². The fraction of sp³-hybridized carbons (Fsp3) is 0.241. The Morgan fingerprint density at radius 1 is 0.743 bits per heavy atom. The van der Waals surface area contributed by atoms with Crippen LogP contribution in [0.15, 0.2) is 66.7 Å². The molecule has 4 rings (SSSR count). The summed E-state index contributed by atoms with van der Waals surface area (Å²) in [5.74, 6) is -2.10. The molecule has 0 atom stereocenters. The van der Waals surface area contributed by atoms with Crippen molar-refractivity contribution in [2.45, 2.75) is 45.6 Å². The fourth-order valence-corrected chi connectivity index (χ4v) is 4.20. The highest BCUT2D eigenvalue weighted by molar-refractivity contribution is 5.88. The molecule has 0 unspecified atom stereocenters. The van der Waals surface area contributed by atoms with Crippen LogP contribution in [0.1, 0.15) is 36.5 Å². The van der Waals surface area contributed by atoms with Crippen LogP contribution < -0.4 is 4.74 Å². The van der Waals surface area contributed by atoms with E-state index in [9.17, 15) is 17.6 Å². The number of unbranched alkanes of at least 4 members (excludes halogenated alkanes) is 1. The Hall–Kier alpha value is -3.41. The van der Waals surface area contributed by atoms with Gasteiger partial charge in [-0.1, -0.05) is 55.8 Å². The van der Waals surface area contributed by atoms with Crippen molar-refractivity contribution in [2.75, 3.05) is 0 Å². The minimum Gasteiger partial charge on any atom is -0.432 e. The van der Waals surface area contributed by atoms with Crippen molar-refractivity contribution in [3.63, 3.8) is 0 Å². The first-order valence-corrected chi connectivity index (χ1v) is 11.6. The molecule has 4 aromatic rings. The summed E-state index contributed by atoms with van der Waals surface area (Å²) < 4.78 is 72.6. The molecular weight excluding hydrogens is 459 g/mol. The molecule has 4 aromatic carbocycles. The quantitative estimate of drug-likeness (QED) is 0.216. The molecule has 0 saturated carbocycles. The summed E-state index contributed by atoms with van der Waals surface area (Å²) in [6, 6.07) is 17.6. The summed E-state index contributed by atoms with van der Waals surface area (Å²) in [7, 11) is 0. The zero-order valence-corrected chi connectivity index (χ0v) is 19.3. The van der Waals surface area contributed by atoms with Crippen molar-refractivity contribution in [2.24, 2.45) is 0 Å². The van der Waals surface area contributed by atoms with Gasteiger partial charge in [0.05, 0.1) is 0 Å². The summed E-state index contributed by atoms with van der Waals surface area (Å²) in [6.07, 6.45) is 3.50. The van der Waals surface area contributed by atoms with Crippen molar-refractivity contribution < 1.29 is 26.7 Å². The molecule has 0 aliphatic heterocycles. The van der Waals surface area contributed by atoms with Gasteiger partial charge in [-0.05, 0) is 77.6 Å². The van der Waals surface area contributed by atoms with Gasteiger partial charge in [0.1, 0.15) is 11.6 Å². The molecule has 35 heavy (non-hydrogen) atoms. The van der Waals surface area contributed by atoms with Gasteiger partial charge in [-0.15, -0.1) is 0 Å². The Kier molecular flexibility index (Phi) is 7.69. The third-order valence-electron chi connectivity index (χ3n) is 6.09. The highest BCUT2D eigenvalue weighted by atomic mass is 19.3. The van der Waals surface area contributed by atoms with E-state index in [2.05, 4.69) is 11.7 Å². The molecule has 1 nitrogen and oxygen atoms in total. The predicted octanol–water partition coefficient (Wildman–Crippen LogP) is 8.65. The molecule has 0 fully saturated rings. The molecule has 0 bridgehead atoms. The zero-order valence-electron chi connectivity index (χ0n) is 19.3. The lowest BCUT2D eigenvalue weighted by atomic mass is 9.96. The molecule has 0 heterocycles. The topological polar surface area (TPSA) is 9.23 Å². The average molecular weight is 485 g/mol. The smallest absolute Gasteiger partial charge is 0.387 e. The Morgan fingerprint density at radius 2 is 1.49 bits per heavy atom.